The predicted octanol–water partition coefficient (Wildman–Crippen LogP) is 4.38. The quantitative estimate of drug-likeness (QED) is 0.749. The minimum Gasteiger partial charge on any atom is -0.261 e. The molecule has 0 bridgehead atoms. The standard InChI is InChI=1S/C19H19NO2S2/c1-14-10-12-15(13-11-14)24(21,22)20-16-6-2-4-8-18(16)23-19-9-5-3-7-17(19)20/h2-6,8,10-13,17,19H,7,9H2,1H3/t17-,19-/m1/s1. The van der Waals surface area contributed by atoms with Crippen LogP contribution in [0.25, 0.3) is 0 Å². The topological polar surface area (TPSA) is 37.4 Å². The van der Waals surface area contributed by atoms with E-state index in [2.05, 4.69) is 12.2 Å². The number of hydrogen-bond donors (Lipinski definition) is 0. The zero-order valence-electron chi connectivity index (χ0n) is 13.4. The Balaban J connectivity index is 1.87. The second kappa shape index (κ2) is 5.97. The Bertz CT molecular complexity index is 888. The number of rotatable bonds is 2. The van der Waals surface area contributed by atoms with E-state index in [1.54, 1.807) is 28.2 Å². The highest BCUT2D eigenvalue weighted by Gasteiger charge is 2.41. The lowest BCUT2D eigenvalue weighted by Gasteiger charge is -2.43. The SMILES string of the molecule is Cc1ccc(S(=O)(=O)N2c3ccccc3S[C@@H]3CC=CC[C@H]32)cc1. The van der Waals surface area contributed by atoms with Crippen molar-refractivity contribution in [3.63, 3.8) is 0 Å². The normalized spacial score (nSPS) is 22.8. The molecule has 1 aliphatic heterocycles. The number of nitrogens with zero attached hydrogens (tertiary/aromatic N) is 1. The first-order chi connectivity index (χ1) is 11.6. The summed E-state index contributed by atoms with van der Waals surface area (Å²) in [6.45, 7) is 1.96. The number of aryl methyl sites for hydroxylation is 1. The van der Waals surface area contributed by atoms with Crippen molar-refractivity contribution in [1.29, 1.82) is 0 Å². The molecule has 0 saturated carbocycles. The number of anilines is 1. The van der Waals surface area contributed by atoms with Crippen LogP contribution in [0, 0.1) is 6.92 Å². The van der Waals surface area contributed by atoms with Gasteiger partial charge in [-0.3, -0.25) is 4.31 Å². The molecule has 0 N–H and O–H groups in total. The van der Waals surface area contributed by atoms with Crippen molar-refractivity contribution in [2.75, 3.05) is 4.31 Å². The molecule has 0 fully saturated rings. The largest absolute Gasteiger partial charge is 0.264 e. The van der Waals surface area contributed by atoms with Crippen LogP contribution in [0.5, 0.6) is 0 Å². The molecule has 0 radical (unpaired) electrons. The maximum Gasteiger partial charge on any atom is 0.264 e. The van der Waals surface area contributed by atoms with Gasteiger partial charge in [0, 0.05) is 10.1 Å². The van der Waals surface area contributed by atoms with Crippen molar-refractivity contribution in [2.24, 2.45) is 0 Å². The first-order valence-electron chi connectivity index (χ1n) is 8.09. The molecule has 3 nitrogen and oxygen atoms in total. The molecule has 1 heterocycles. The molecule has 0 unspecified atom stereocenters. The number of fused-ring (bicyclic) bond motifs is 2. The molecule has 124 valence electrons. The number of hydrogen-bond acceptors (Lipinski definition) is 3. The van der Waals surface area contributed by atoms with Crippen molar-refractivity contribution in [3.8, 4) is 0 Å². The molecular formula is C19H19NO2S2. The Morgan fingerprint density at radius 2 is 1.71 bits per heavy atom. The second-order valence-electron chi connectivity index (χ2n) is 6.25. The van der Waals surface area contributed by atoms with E-state index in [9.17, 15) is 8.42 Å². The molecule has 24 heavy (non-hydrogen) atoms. The molecule has 0 spiro atoms. The van der Waals surface area contributed by atoms with Gasteiger partial charge < -0.3 is 0 Å². The fraction of sp³-hybridized carbons (Fsp3) is 0.263. The summed E-state index contributed by atoms with van der Waals surface area (Å²) in [6, 6.07) is 14.9. The summed E-state index contributed by atoms with van der Waals surface area (Å²) in [5.74, 6) is 0. The maximum atomic E-state index is 13.4. The van der Waals surface area contributed by atoms with Crippen LogP contribution in [0.1, 0.15) is 18.4 Å². The maximum absolute atomic E-state index is 13.4. The van der Waals surface area contributed by atoms with Crippen LogP contribution in [0.15, 0.2) is 70.5 Å². The van der Waals surface area contributed by atoms with Gasteiger partial charge in [0.25, 0.3) is 10.0 Å². The Labute approximate surface area is 147 Å². The van der Waals surface area contributed by atoms with Gasteiger partial charge in [0.1, 0.15) is 0 Å². The molecule has 2 aromatic rings. The van der Waals surface area contributed by atoms with E-state index in [0.29, 0.717) is 4.90 Å². The average molecular weight is 358 g/mol. The van der Waals surface area contributed by atoms with Gasteiger partial charge in [-0.1, -0.05) is 42.0 Å². The van der Waals surface area contributed by atoms with Crippen LogP contribution in [0.4, 0.5) is 5.69 Å². The van der Waals surface area contributed by atoms with Gasteiger partial charge in [-0.15, -0.1) is 11.8 Å². The van der Waals surface area contributed by atoms with Crippen LogP contribution in [0.2, 0.25) is 0 Å². The Kier molecular flexibility index (Phi) is 3.93. The van der Waals surface area contributed by atoms with Gasteiger partial charge in [-0.25, -0.2) is 8.42 Å². The fourth-order valence-corrected chi connectivity index (χ4v) is 6.58. The Morgan fingerprint density at radius 3 is 2.50 bits per heavy atom. The van der Waals surface area contributed by atoms with Gasteiger partial charge in [0.05, 0.1) is 16.6 Å². The lowest BCUT2D eigenvalue weighted by atomic mass is 10.0. The van der Waals surface area contributed by atoms with E-state index >= 15 is 0 Å². The number of thioether (sulfide) groups is 1. The van der Waals surface area contributed by atoms with Gasteiger partial charge in [-0.05, 0) is 44.0 Å². The monoisotopic (exact) mass is 357 g/mol. The highest BCUT2D eigenvalue weighted by Crippen LogP contribution is 2.47. The highest BCUT2D eigenvalue weighted by molar-refractivity contribution is 8.00. The second-order valence-corrected chi connectivity index (χ2v) is 9.34. The molecular weight excluding hydrogens is 338 g/mol. The van der Waals surface area contributed by atoms with Crippen molar-refractivity contribution in [3.05, 3.63) is 66.2 Å². The first kappa shape index (κ1) is 15.8. The van der Waals surface area contributed by atoms with Crippen LogP contribution in [-0.4, -0.2) is 19.7 Å². The fourth-order valence-electron chi connectivity index (χ4n) is 3.36. The molecule has 5 heteroatoms. The summed E-state index contributed by atoms with van der Waals surface area (Å²) in [4.78, 5) is 1.41. The summed E-state index contributed by atoms with van der Waals surface area (Å²) < 4.78 is 28.5. The highest BCUT2D eigenvalue weighted by atomic mass is 32.2. The van der Waals surface area contributed by atoms with Gasteiger partial charge >= 0.3 is 0 Å². The Morgan fingerprint density at radius 1 is 1.00 bits per heavy atom. The van der Waals surface area contributed by atoms with Crippen molar-refractivity contribution in [2.45, 2.75) is 40.8 Å². The van der Waals surface area contributed by atoms with Crippen LogP contribution in [-0.2, 0) is 10.0 Å². The van der Waals surface area contributed by atoms with E-state index in [-0.39, 0.29) is 11.3 Å². The van der Waals surface area contributed by atoms with Gasteiger partial charge in [0.15, 0.2) is 0 Å². The lowest BCUT2D eigenvalue weighted by molar-refractivity contribution is 0.555. The van der Waals surface area contributed by atoms with Crippen LogP contribution >= 0.6 is 11.8 Å². The first-order valence-corrected chi connectivity index (χ1v) is 10.4. The summed E-state index contributed by atoms with van der Waals surface area (Å²) in [6.07, 6.45) is 5.94. The van der Waals surface area contributed by atoms with Crippen LogP contribution < -0.4 is 4.31 Å². The zero-order valence-corrected chi connectivity index (χ0v) is 15.1. The van der Waals surface area contributed by atoms with Crippen LogP contribution in [0.3, 0.4) is 0 Å². The summed E-state index contributed by atoms with van der Waals surface area (Å²) in [5, 5.41) is 0.269. The number of benzene rings is 2. The van der Waals surface area contributed by atoms with Crippen molar-refractivity contribution < 1.29 is 8.42 Å². The predicted molar refractivity (Wildman–Crippen MR) is 99.1 cm³/mol. The smallest absolute Gasteiger partial charge is 0.261 e. The van der Waals surface area contributed by atoms with Gasteiger partial charge in [-0.2, -0.15) is 0 Å². The summed E-state index contributed by atoms with van der Waals surface area (Å²) in [5.41, 5.74) is 1.86. The minimum atomic E-state index is -3.58. The Hall–Kier alpha value is -1.72. The van der Waals surface area contributed by atoms with Crippen molar-refractivity contribution in [1.82, 2.24) is 0 Å². The lowest BCUT2D eigenvalue weighted by Crippen LogP contribution is -2.49. The third-order valence-electron chi connectivity index (χ3n) is 4.60. The van der Waals surface area contributed by atoms with E-state index in [4.69, 9.17) is 0 Å². The number of allylic oxidation sites excluding steroid dienone is 1. The van der Waals surface area contributed by atoms with E-state index in [1.165, 1.54) is 0 Å². The summed E-state index contributed by atoms with van der Waals surface area (Å²) >= 11 is 1.80. The minimum absolute atomic E-state index is 0.0267. The summed E-state index contributed by atoms with van der Waals surface area (Å²) in [7, 11) is -3.58. The van der Waals surface area contributed by atoms with E-state index in [0.717, 1.165) is 29.0 Å². The molecule has 0 aromatic heterocycles. The molecule has 4 rings (SSSR count). The van der Waals surface area contributed by atoms with E-state index < -0.39 is 10.0 Å². The molecule has 0 amide bonds. The van der Waals surface area contributed by atoms with Crippen molar-refractivity contribution >= 4 is 27.5 Å². The molecule has 1 aliphatic carbocycles. The van der Waals surface area contributed by atoms with E-state index in [1.807, 2.05) is 43.3 Å². The number of sulfonamides is 1. The third-order valence-corrected chi connectivity index (χ3v) is 7.86. The molecule has 2 atom stereocenters. The molecule has 2 aliphatic rings. The van der Waals surface area contributed by atoms with Gasteiger partial charge in [0.2, 0.25) is 0 Å². The number of para-hydroxylation sites is 1. The molecule has 2 aromatic carbocycles. The third kappa shape index (κ3) is 2.56. The average Bonchev–Trinajstić information content (AvgIpc) is 2.59. The zero-order chi connectivity index (χ0) is 16.7. The molecule has 0 saturated heterocycles.